The van der Waals surface area contributed by atoms with E-state index in [0.29, 0.717) is 18.6 Å². The van der Waals surface area contributed by atoms with E-state index in [9.17, 15) is 10.1 Å². The monoisotopic (exact) mass is 460 g/mol. The number of hydrogen-bond acceptors (Lipinski definition) is 7. The molecule has 0 N–H and O–H groups in total. The standard InChI is InChI=1S/C22H29ClN6O3/c1-22(16-28-14-20(29(30)31)24-21(28)32-22)15-25-8-6-19(7-9-25)27-12-10-26(11-13-27)18-4-2-17(23)3-5-18/h2-5,14,19H,6-13,15-16H2,1H3/t22-/m0/s1. The summed E-state index contributed by atoms with van der Waals surface area (Å²) < 4.78 is 7.77. The van der Waals surface area contributed by atoms with Gasteiger partial charge < -0.3 is 19.8 Å². The number of hydrogen-bond donors (Lipinski definition) is 0. The molecule has 2 saturated heterocycles. The molecule has 1 aromatic heterocycles. The molecule has 172 valence electrons. The van der Waals surface area contributed by atoms with Crippen molar-refractivity contribution < 1.29 is 9.66 Å². The Hall–Kier alpha value is -2.36. The van der Waals surface area contributed by atoms with Crippen LogP contribution in [0.3, 0.4) is 0 Å². The molecule has 3 aliphatic rings. The molecule has 3 aliphatic heterocycles. The van der Waals surface area contributed by atoms with Crippen LogP contribution in [0, 0.1) is 10.1 Å². The predicted molar refractivity (Wildman–Crippen MR) is 123 cm³/mol. The van der Waals surface area contributed by atoms with Crippen LogP contribution in [-0.4, -0.2) is 81.7 Å². The minimum atomic E-state index is -0.480. The highest BCUT2D eigenvalue weighted by Gasteiger charge is 2.42. The van der Waals surface area contributed by atoms with Crippen molar-refractivity contribution >= 4 is 23.1 Å². The molecule has 1 aromatic carbocycles. The molecule has 0 radical (unpaired) electrons. The third-order valence-corrected chi connectivity index (χ3v) is 7.15. The largest absolute Gasteiger partial charge is 0.436 e. The summed E-state index contributed by atoms with van der Waals surface area (Å²) in [6, 6.07) is 9.12. The predicted octanol–water partition coefficient (Wildman–Crippen LogP) is 2.88. The van der Waals surface area contributed by atoms with Crippen LogP contribution in [0.5, 0.6) is 6.01 Å². The van der Waals surface area contributed by atoms with E-state index in [1.807, 2.05) is 12.1 Å². The molecule has 9 nitrogen and oxygen atoms in total. The number of ether oxygens (including phenoxy) is 1. The van der Waals surface area contributed by atoms with Gasteiger partial charge in [0.15, 0.2) is 0 Å². The number of halogens is 1. The van der Waals surface area contributed by atoms with Crippen LogP contribution in [0.2, 0.25) is 5.02 Å². The van der Waals surface area contributed by atoms with Gasteiger partial charge in [-0.1, -0.05) is 11.6 Å². The highest BCUT2D eigenvalue weighted by Crippen LogP contribution is 2.32. The van der Waals surface area contributed by atoms with Crippen molar-refractivity contribution in [3.63, 3.8) is 0 Å². The zero-order valence-corrected chi connectivity index (χ0v) is 19.1. The molecule has 1 atom stereocenters. The number of piperazine rings is 1. The average Bonchev–Trinajstić information content (AvgIpc) is 3.30. The number of likely N-dealkylation sites (tertiary alicyclic amines) is 1. The average molecular weight is 461 g/mol. The Morgan fingerprint density at radius 1 is 1.16 bits per heavy atom. The number of piperidine rings is 1. The summed E-state index contributed by atoms with van der Waals surface area (Å²) in [5.74, 6) is -0.154. The van der Waals surface area contributed by atoms with Gasteiger partial charge in [0.2, 0.25) is 0 Å². The summed E-state index contributed by atoms with van der Waals surface area (Å²) in [6.07, 6.45) is 3.79. The second-order valence-corrected chi connectivity index (χ2v) is 9.76. The topological polar surface area (TPSA) is 79.9 Å². The molecule has 2 aromatic rings. The van der Waals surface area contributed by atoms with Crippen molar-refractivity contribution in [3.8, 4) is 6.01 Å². The van der Waals surface area contributed by atoms with Crippen molar-refractivity contribution in [2.75, 3.05) is 50.7 Å². The summed E-state index contributed by atoms with van der Waals surface area (Å²) in [4.78, 5) is 22.0. The van der Waals surface area contributed by atoms with E-state index in [1.54, 1.807) is 4.57 Å². The molecule has 0 spiro atoms. The van der Waals surface area contributed by atoms with Crippen LogP contribution < -0.4 is 9.64 Å². The summed E-state index contributed by atoms with van der Waals surface area (Å²) in [6.45, 7) is 9.83. The van der Waals surface area contributed by atoms with Gasteiger partial charge in [-0.25, -0.2) is 0 Å². The lowest BCUT2D eigenvalue weighted by molar-refractivity contribution is -0.389. The summed E-state index contributed by atoms with van der Waals surface area (Å²) in [5, 5.41) is 11.7. The molecule has 0 unspecified atom stereocenters. The van der Waals surface area contributed by atoms with Gasteiger partial charge in [-0.3, -0.25) is 14.4 Å². The van der Waals surface area contributed by atoms with Crippen LogP contribution >= 0.6 is 11.6 Å². The smallest absolute Gasteiger partial charge is 0.415 e. The second kappa shape index (κ2) is 8.53. The van der Waals surface area contributed by atoms with Gasteiger partial charge in [-0.2, -0.15) is 0 Å². The van der Waals surface area contributed by atoms with E-state index >= 15 is 0 Å². The third kappa shape index (κ3) is 4.42. The van der Waals surface area contributed by atoms with Crippen LogP contribution in [0.4, 0.5) is 11.5 Å². The molecule has 5 rings (SSSR count). The molecule has 4 heterocycles. The van der Waals surface area contributed by atoms with Crippen LogP contribution in [0.25, 0.3) is 0 Å². The van der Waals surface area contributed by atoms with E-state index < -0.39 is 10.5 Å². The van der Waals surface area contributed by atoms with E-state index in [1.165, 1.54) is 11.9 Å². The number of nitro groups is 1. The molecule has 32 heavy (non-hydrogen) atoms. The lowest BCUT2D eigenvalue weighted by Crippen LogP contribution is -2.55. The zero-order valence-electron chi connectivity index (χ0n) is 18.3. The molecule has 0 amide bonds. The van der Waals surface area contributed by atoms with Gasteiger partial charge in [0, 0.05) is 54.5 Å². The van der Waals surface area contributed by atoms with Gasteiger partial charge in [0.1, 0.15) is 11.8 Å². The number of aromatic nitrogens is 2. The van der Waals surface area contributed by atoms with Crippen LogP contribution in [0.15, 0.2) is 30.5 Å². The third-order valence-electron chi connectivity index (χ3n) is 6.89. The molecule has 0 bridgehead atoms. The Morgan fingerprint density at radius 2 is 1.84 bits per heavy atom. The normalized spacial score (nSPS) is 25.0. The number of imidazole rings is 1. The number of benzene rings is 1. The van der Waals surface area contributed by atoms with E-state index in [0.717, 1.165) is 63.7 Å². The van der Waals surface area contributed by atoms with Gasteiger partial charge in [-0.05, 0) is 62.0 Å². The van der Waals surface area contributed by atoms with E-state index in [2.05, 4.69) is 38.7 Å². The highest BCUT2D eigenvalue weighted by molar-refractivity contribution is 6.30. The SMILES string of the molecule is C[C@]1(CN2CCC(N3CCN(c4ccc(Cl)cc4)CC3)CC2)Cn2cc([N+](=O)[O-])nc2O1. The molecular weight excluding hydrogens is 432 g/mol. The summed E-state index contributed by atoms with van der Waals surface area (Å²) >= 11 is 6.02. The quantitative estimate of drug-likeness (QED) is 0.501. The maximum atomic E-state index is 10.9. The Kier molecular flexibility index (Phi) is 5.73. The molecule has 10 heteroatoms. The van der Waals surface area contributed by atoms with E-state index in [4.69, 9.17) is 16.3 Å². The maximum Gasteiger partial charge on any atom is 0.415 e. The number of nitrogens with zero attached hydrogens (tertiary/aromatic N) is 6. The van der Waals surface area contributed by atoms with Crippen molar-refractivity contribution in [1.82, 2.24) is 19.4 Å². The lowest BCUT2D eigenvalue weighted by Gasteiger charge is -2.44. The first-order valence-electron chi connectivity index (χ1n) is 11.3. The van der Waals surface area contributed by atoms with E-state index in [-0.39, 0.29) is 5.82 Å². The second-order valence-electron chi connectivity index (χ2n) is 9.33. The van der Waals surface area contributed by atoms with Crippen molar-refractivity contribution in [2.24, 2.45) is 0 Å². The fourth-order valence-corrected chi connectivity index (χ4v) is 5.40. The highest BCUT2D eigenvalue weighted by atomic mass is 35.5. The minimum absolute atomic E-state index is 0.154. The minimum Gasteiger partial charge on any atom is -0.436 e. The Morgan fingerprint density at radius 3 is 2.47 bits per heavy atom. The molecule has 0 aliphatic carbocycles. The summed E-state index contributed by atoms with van der Waals surface area (Å²) in [7, 11) is 0. The number of rotatable bonds is 5. The Bertz CT molecular complexity index is 941. The molecular formula is C22H29ClN6O3. The molecule has 0 saturated carbocycles. The Balaban J connectivity index is 1.08. The van der Waals surface area contributed by atoms with Crippen LogP contribution in [0.1, 0.15) is 19.8 Å². The summed E-state index contributed by atoms with van der Waals surface area (Å²) in [5.41, 5.74) is 0.855. The van der Waals surface area contributed by atoms with Gasteiger partial charge in [-0.15, -0.1) is 0 Å². The van der Waals surface area contributed by atoms with Gasteiger partial charge in [0.25, 0.3) is 0 Å². The van der Waals surface area contributed by atoms with Gasteiger partial charge in [0.05, 0.1) is 6.54 Å². The first kappa shape index (κ1) is 21.5. The Labute approximate surface area is 192 Å². The van der Waals surface area contributed by atoms with Crippen molar-refractivity contribution in [1.29, 1.82) is 0 Å². The van der Waals surface area contributed by atoms with Gasteiger partial charge >= 0.3 is 11.8 Å². The fraction of sp³-hybridized carbons (Fsp3) is 0.591. The first-order chi connectivity index (χ1) is 15.4. The van der Waals surface area contributed by atoms with Crippen molar-refractivity contribution in [2.45, 2.75) is 38.0 Å². The number of anilines is 1. The number of fused-ring (bicyclic) bond motifs is 1. The first-order valence-corrected chi connectivity index (χ1v) is 11.6. The fourth-order valence-electron chi connectivity index (χ4n) is 5.28. The lowest BCUT2D eigenvalue weighted by atomic mass is 9.99. The van der Waals surface area contributed by atoms with Crippen molar-refractivity contribution in [3.05, 3.63) is 45.6 Å². The van der Waals surface area contributed by atoms with Crippen LogP contribution in [-0.2, 0) is 6.54 Å². The zero-order chi connectivity index (χ0) is 22.3. The maximum absolute atomic E-state index is 10.9. The molecule has 2 fully saturated rings.